The Morgan fingerprint density at radius 2 is 2.10 bits per heavy atom. The molecule has 3 rings (SSSR count). The summed E-state index contributed by atoms with van der Waals surface area (Å²) < 4.78 is 39.6. The molecule has 1 aliphatic carbocycles. The van der Waals surface area contributed by atoms with Crippen molar-refractivity contribution in [2.24, 2.45) is 5.92 Å². The van der Waals surface area contributed by atoms with Gasteiger partial charge >= 0.3 is 6.18 Å². The number of fused-ring (bicyclic) bond motifs is 1. The number of carbonyl (C=O) groups is 1. The minimum Gasteiger partial charge on any atom is -0.339 e. The number of halogens is 3. The lowest BCUT2D eigenvalue weighted by molar-refractivity contribution is -0.139. The molecule has 2 heterocycles. The summed E-state index contributed by atoms with van der Waals surface area (Å²) in [5, 5.41) is 8.98. The van der Waals surface area contributed by atoms with Crippen LogP contribution in [0.2, 0.25) is 0 Å². The third kappa shape index (κ3) is 4.65. The molecular formula is C20H29F3N4O2. The number of rotatable bonds is 7. The van der Waals surface area contributed by atoms with Gasteiger partial charge in [-0.1, -0.05) is 26.7 Å². The highest BCUT2D eigenvalue weighted by Gasteiger charge is 2.41. The molecule has 1 saturated heterocycles. The Bertz CT molecular complexity index is 793. The lowest BCUT2D eigenvalue weighted by atomic mass is 9.97. The summed E-state index contributed by atoms with van der Waals surface area (Å²) in [6.45, 7) is 5.47. The molecule has 0 aromatic carbocycles. The highest BCUT2D eigenvalue weighted by Crippen LogP contribution is 2.37. The van der Waals surface area contributed by atoms with E-state index in [0.717, 1.165) is 32.2 Å². The largest absolute Gasteiger partial charge is 0.422 e. The molecule has 0 spiro atoms. The second kappa shape index (κ2) is 8.85. The summed E-state index contributed by atoms with van der Waals surface area (Å²) in [5.41, 5.74) is -2.14. The van der Waals surface area contributed by atoms with E-state index >= 15 is 0 Å². The van der Waals surface area contributed by atoms with Crippen molar-refractivity contribution in [2.75, 3.05) is 13.1 Å². The molecule has 29 heavy (non-hydrogen) atoms. The van der Waals surface area contributed by atoms with Gasteiger partial charge in [-0.3, -0.25) is 9.59 Å². The van der Waals surface area contributed by atoms with Gasteiger partial charge in [0.25, 0.3) is 5.56 Å². The van der Waals surface area contributed by atoms with Gasteiger partial charge in [0.1, 0.15) is 5.56 Å². The number of hydrogen-bond donors (Lipinski definition) is 2. The molecule has 162 valence electrons. The van der Waals surface area contributed by atoms with Crippen LogP contribution < -0.4 is 10.9 Å². The van der Waals surface area contributed by atoms with Crippen molar-refractivity contribution < 1.29 is 18.0 Å². The summed E-state index contributed by atoms with van der Waals surface area (Å²) >= 11 is 0. The van der Waals surface area contributed by atoms with Crippen LogP contribution in [0, 0.1) is 5.92 Å². The van der Waals surface area contributed by atoms with Gasteiger partial charge in [0.2, 0.25) is 5.91 Å². The quantitative estimate of drug-likeness (QED) is 0.718. The molecule has 2 N–H and O–H groups in total. The fraction of sp³-hybridized carbons (Fsp3) is 0.750. The van der Waals surface area contributed by atoms with E-state index in [1.807, 2.05) is 10.00 Å². The van der Waals surface area contributed by atoms with Crippen molar-refractivity contribution in [3.63, 3.8) is 0 Å². The number of aromatic nitrogens is 2. The zero-order chi connectivity index (χ0) is 21.2. The summed E-state index contributed by atoms with van der Waals surface area (Å²) in [7, 11) is 0. The second-order valence-corrected chi connectivity index (χ2v) is 8.15. The molecule has 6 nitrogen and oxygen atoms in total. The molecule has 3 unspecified atom stereocenters. The highest BCUT2D eigenvalue weighted by molar-refractivity contribution is 5.77. The summed E-state index contributed by atoms with van der Waals surface area (Å²) in [6.07, 6.45) is 0.407. The Kier molecular flexibility index (Phi) is 6.65. The maximum atomic E-state index is 13.2. The first kappa shape index (κ1) is 21.8. The first-order valence-electron chi connectivity index (χ1n) is 10.5. The molecule has 1 amide bonds. The minimum atomic E-state index is -4.70. The van der Waals surface area contributed by atoms with E-state index in [0.29, 0.717) is 25.3 Å². The normalized spacial score (nSPS) is 24.2. The van der Waals surface area contributed by atoms with Crippen LogP contribution in [0.25, 0.3) is 0 Å². The molecule has 1 aliphatic heterocycles. The number of likely N-dealkylation sites (tertiary alicyclic amines) is 1. The monoisotopic (exact) mass is 414 g/mol. The number of amides is 1. The first-order chi connectivity index (χ1) is 13.7. The molecule has 0 radical (unpaired) electrons. The van der Waals surface area contributed by atoms with Gasteiger partial charge in [0.15, 0.2) is 0 Å². The number of nitrogens with zero attached hydrogens (tertiary/aromatic N) is 2. The maximum Gasteiger partial charge on any atom is 0.422 e. The molecular weight excluding hydrogens is 385 g/mol. The van der Waals surface area contributed by atoms with E-state index in [4.69, 9.17) is 0 Å². The summed E-state index contributed by atoms with van der Waals surface area (Å²) in [5.74, 6) is 0.591. The molecule has 1 aromatic heterocycles. The number of unbranched alkanes of at least 4 members (excludes halogenated alkanes) is 1. The van der Waals surface area contributed by atoms with Gasteiger partial charge in [-0.05, 0) is 37.2 Å². The fourth-order valence-electron chi connectivity index (χ4n) is 4.63. The Hall–Kier alpha value is -1.90. The fourth-order valence-corrected chi connectivity index (χ4v) is 4.63. The van der Waals surface area contributed by atoms with Crippen molar-refractivity contribution in [2.45, 2.75) is 77.1 Å². The molecule has 0 bridgehead atoms. The van der Waals surface area contributed by atoms with Gasteiger partial charge in [-0.2, -0.15) is 18.3 Å². The maximum absolute atomic E-state index is 13.2. The topological polar surface area (TPSA) is 78.1 Å². The SMILES string of the molecule is CCCCC1C(C)CCN1C(=O)CCNC1CCc2c1n[nH]c(=O)c2C(F)(F)F. The Labute approximate surface area is 168 Å². The number of H-pyrrole nitrogens is 1. The van der Waals surface area contributed by atoms with Crippen molar-refractivity contribution >= 4 is 5.91 Å². The number of hydrogen-bond acceptors (Lipinski definition) is 4. The third-order valence-corrected chi connectivity index (χ3v) is 6.20. The van der Waals surface area contributed by atoms with E-state index in [1.165, 1.54) is 0 Å². The van der Waals surface area contributed by atoms with Crippen molar-refractivity contribution in [3.05, 3.63) is 27.2 Å². The zero-order valence-electron chi connectivity index (χ0n) is 16.9. The van der Waals surface area contributed by atoms with E-state index in [2.05, 4.69) is 24.3 Å². The first-order valence-corrected chi connectivity index (χ1v) is 10.5. The Morgan fingerprint density at radius 1 is 1.34 bits per heavy atom. The van der Waals surface area contributed by atoms with Gasteiger partial charge in [0, 0.05) is 25.6 Å². The highest BCUT2D eigenvalue weighted by atomic mass is 19.4. The predicted octanol–water partition coefficient (Wildman–Crippen LogP) is 3.18. The molecule has 3 atom stereocenters. The van der Waals surface area contributed by atoms with Crippen LogP contribution in [0.15, 0.2) is 4.79 Å². The third-order valence-electron chi connectivity index (χ3n) is 6.20. The van der Waals surface area contributed by atoms with Gasteiger partial charge in [0.05, 0.1) is 11.7 Å². The number of carbonyl (C=O) groups excluding carboxylic acids is 1. The lowest BCUT2D eigenvalue weighted by Gasteiger charge is -2.27. The van der Waals surface area contributed by atoms with Crippen LogP contribution in [-0.2, 0) is 17.4 Å². The number of alkyl halides is 3. The van der Waals surface area contributed by atoms with Crippen LogP contribution in [0.5, 0.6) is 0 Å². The molecule has 1 fully saturated rings. The van der Waals surface area contributed by atoms with Crippen LogP contribution in [0.1, 0.15) is 75.2 Å². The Morgan fingerprint density at radius 3 is 2.79 bits per heavy atom. The lowest BCUT2D eigenvalue weighted by Crippen LogP contribution is -2.39. The Balaban J connectivity index is 1.59. The average Bonchev–Trinajstić information content (AvgIpc) is 3.22. The van der Waals surface area contributed by atoms with Crippen LogP contribution >= 0.6 is 0 Å². The number of nitrogens with one attached hydrogen (secondary N) is 2. The van der Waals surface area contributed by atoms with E-state index in [9.17, 15) is 22.8 Å². The van der Waals surface area contributed by atoms with Crippen LogP contribution in [0.3, 0.4) is 0 Å². The molecule has 9 heteroatoms. The van der Waals surface area contributed by atoms with Gasteiger partial charge in [-0.15, -0.1) is 0 Å². The van der Waals surface area contributed by atoms with E-state index in [-0.39, 0.29) is 35.7 Å². The van der Waals surface area contributed by atoms with Crippen LogP contribution in [-0.4, -0.2) is 40.1 Å². The predicted molar refractivity (Wildman–Crippen MR) is 102 cm³/mol. The van der Waals surface area contributed by atoms with Crippen molar-refractivity contribution in [3.8, 4) is 0 Å². The van der Waals surface area contributed by atoms with E-state index in [1.54, 1.807) is 0 Å². The van der Waals surface area contributed by atoms with Crippen molar-refractivity contribution in [1.29, 1.82) is 0 Å². The summed E-state index contributed by atoms with van der Waals surface area (Å²) in [6, 6.07) is -0.0973. The molecule has 0 saturated carbocycles. The average molecular weight is 414 g/mol. The smallest absolute Gasteiger partial charge is 0.339 e. The number of aromatic amines is 1. The van der Waals surface area contributed by atoms with Gasteiger partial charge in [-0.25, -0.2) is 5.10 Å². The van der Waals surface area contributed by atoms with E-state index < -0.39 is 17.3 Å². The van der Waals surface area contributed by atoms with Crippen molar-refractivity contribution in [1.82, 2.24) is 20.4 Å². The van der Waals surface area contributed by atoms with Crippen LogP contribution in [0.4, 0.5) is 13.2 Å². The molecule has 1 aromatic rings. The van der Waals surface area contributed by atoms with Gasteiger partial charge < -0.3 is 10.2 Å². The zero-order valence-corrected chi connectivity index (χ0v) is 16.9. The summed E-state index contributed by atoms with van der Waals surface area (Å²) in [4.78, 5) is 26.3. The second-order valence-electron chi connectivity index (χ2n) is 8.15. The standard InChI is InChI=1S/C20H29F3N4O2/c1-3-4-5-15-12(2)9-11-27(15)16(28)8-10-24-14-7-6-13-17(20(21,22)23)19(29)26-25-18(13)14/h12,14-15,24H,3-11H2,1-2H3,(H,26,29). The minimum absolute atomic E-state index is 0.0296. The molecule has 2 aliphatic rings.